The van der Waals surface area contributed by atoms with Crippen molar-refractivity contribution in [3.63, 3.8) is 0 Å². The first-order valence-electron chi connectivity index (χ1n) is 6.98. The van der Waals surface area contributed by atoms with Crippen LogP contribution in [0.5, 0.6) is 0 Å². The number of rotatable bonds is 2. The molecular weight excluding hydrogens is 260 g/mol. The van der Waals surface area contributed by atoms with Crippen LogP contribution in [0.1, 0.15) is 19.3 Å². The molecule has 1 aromatic rings. The number of carbonyl (C=O) groups is 1. The molecule has 1 unspecified atom stereocenters. The maximum absolute atomic E-state index is 11.4. The Hall–Kier alpha value is -1.06. The number of Topliss-reactive ketones (excluding diaryl/α,β-unsaturated/α-hetero) is 1. The minimum absolute atomic E-state index is 0.433. The third-order valence-electron chi connectivity index (χ3n) is 4.22. The van der Waals surface area contributed by atoms with Gasteiger partial charge < -0.3 is 4.90 Å². The van der Waals surface area contributed by atoms with Crippen molar-refractivity contribution in [2.24, 2.45) is 0 Å². The summed E-state index contributed by atoms with van der Waals surface area (Å²) in [4.78, 5) is 16.2. The van der Waals surface area contributed by atoms with Crippen LogP contribution in [-0.4, -0.2) is 42.9 Å². The first kappa shape index (κ1) is 12.9. The van der Waals surface area contributed by atoms with E-state index in [1.165, 1.54) is 5.69 Å². The number of nitrogens with zero attached hydrogens (tertiary/aromatic N) is 2. The Morgan fingerprint density at radius 1 is 1.16 bits per heavy atom. The van der Waals surface area contributed by atoms with Gasteiger partial charge in [0.05, 0.1) is 0 Å². The molecule has 0 spiro atoms. The number of ketones is 1. The molecule has 0 aromatic heterocycles. The van der Waals surface area contributed by atoms with Crippen LogP contribution in [0.15, 0.2) is 24.3 Å². The second-order valence-corrected chi connectivity index (χ2v) is 5.87. The number of halogens is 1. The first-order chi connectivity index (χ1) is 9.22. The zero-order valence-corrected chi connectivity index (χ0v) is 11.8. The monoisotopic (exact) mass is 278 g/mol. The zero-order chi connectivity index (χ0) is 13.2. The molecule has 1 heterocycles. The van der Waals surface area contributed by atoms with Crippen molar-refractivity contribution in [2.45, 2.75) is 25.3 Å². The average molecular weight is 279 g/mol. The van der Waals surface area contributed by atoms with Crippen LogP contribution >= 0.6 is 11.6 Å². The highest BCUT2D eigenvalue weighted by molar-refractivity contribution is 6.30. The summed E-state index contributed by atoms with van der Waals surface area (Å²) in [5, 5.41) is 0.793. The Morgan fingerprint density at radius 3 is 2.58 bits per heavy atom. The molecule has 0 amide bonds. The second-order valence-electron chi connectivity index (χ2n) is 5.44. The fourth-order valence-corrected chi connectivity index (χ4v) is 3.31. The van der Waals surface area contributed by atoms with E-state index in [0.29, 0.717) is 11.8 Å². The van der Waals surface area contributed by atoms with Crippen molar-refractivity contribution in [1.82, 2.24) is 4.90 Å². The van der Waals surface area contributed by atoms with E-state index in [1.807, 2.05) is 18.2 Å². The largest absolute Gasteiger partial charge is 0.369 e. The molecule has 102 valence electrons. The fourth-order valence-electron chi connectivity index (χ4n) is 3.12. The Bertz CT molecular complexity index is 469. The van der Waals surface area contributed by atoms with E-state index in [-0.39, 0.29) is 0 Å². The van der Waals surface area contributed by atoms with Gasteiger partial charge in [-0.3, -0.25) is 9.69 Å². The molecule has 4 heteroatoms. The van der Waals surface area contributed by atoms with E-state index < -0.39 is 0 Å². The van der Waals surface area contributed by atoms with Gasteiger partial charge in [-0.05, 0) is 24.6 Å². The number of carbonyl (C=O) groups excluding carboxylic acids is 1. The van der Waals surface area contributed by atoms with Crippen LogP contribution in [-0.2, 0) is 4.79 Å². The molecule has 1 aliphatic heterocycles. The second kappa shape index (κ2) is 5.51. The smallest absolute Gasteiger partial charge is 0.134 e. The molecule has 1 aliphatic carbocycles. The molecule has 0 bridgehead atoms. The molecule has 2 fully saturated rings. The van der Waals surface area contributed by atoms with Crippen LogP contribution in [0.3, 0.4) is 0 Å². The van der Waals surface area contributed by atoms with Crippen LogP contribution in [0, 0.1) is 0 Å². The van der Waals surface area contributed by atoms with Crippen molar-refractivity contribution < 1.29 is 4.79 Å². The molecule has 3 rings (SSSR count). The molecule has 1 saturated heterocycles. The van der Waals surface area contributed by atoms with Crippen molar-refractivity contribution in [1.29, 1.82) is 0 Å². The molecule has 2 aliphatic rings. The van der Waals surface area contributed by atoms with E-state index in [4.69, 9.17) is 11.6 Å². The highest BCUT2D eigenvalue weighted by atomic mass is 35.5. The van der Waals surface area contributed by atoms with Gasteiger partial charge in [0.25, 0.3) is 0 Å². The third kappa shape index (κ3) is 2.93. The summed E-state index contributed by atoms with van der Waals surface area (Å²) in [5.74, 6) is 0.433. The maximum Gasteiger partial charge on any atom is 0.134 e. The van der Waals surface area contributed by atoms with Gasteiger partial charge in [0, 0.05) is 55.8 Å². The van der Waals surface area contributed by atoms with Gasteiger partial charge in [-0.2, -0.15) is 0 Å². The first-order valence-corrected chi connectivity index (χ1v) is 7.36. The van der Waals surface area contributed by atoms with Crippen LogP contribution < -0.4 is 4.90 Å². The van der Waals surface area contributed by atoms with Gasteiger partial charge in [-0.25, -0.2) is 0 Å². The van der Waals surface area contributed by atoms with Crippen molar-refractivity contribution >= 4 is 23.1 Å². The number of piperazine rings is 1. The maximum atomic E-state index is 11.4. The Labute approximate surface area is 119 Å². The topological polar surface area (TPSA) is 23.6 Å². The predicted octanol–water partition coefficient (Wildman–Crippen LogP) is 2.58. The van der Waals surface area contributed by atoms with Gasteiger partial charge in [0.15, 0.2) is 0 Å². The summed E-state index contributed by atoms with van der Waals surface area (Å²) < 4.78 is 0. The van der Waals surface area contributed by atoms with E-state index in [0.717, 1.165) is 50.5 Å². The average Bonchev–Trinajstić information content (AvgIpc) is 2.86. The Morgan fingerprint density at radius 2 is 1.95 bits per heavy atom. The number of anilines is 1. The van der Waals surface area contributed by atoms with E-state index in [9.17, 15) is 4.79 Å². The van der Waals surface area contributed by atoms with Crippen LogP contribution in [0.4, 0.5) is 5.69 Å². The van der Waals surface area contributed by atoms with Crippen LogP contribution in [0.25, 0.3) is 0 Å². The minimum atomic E-state index is 0.433. The number of hydrogen-bond acceptors (Lipinski definition) is 3. The Kier molecular flexibility index (Phi) is 3.76. The summed E-state index contributed by atoms with van der Waals surface area (Å²) in [6.07, 6.45) is 2.59. The van der Waals surface area contributed by atoms with Gasteiger partial charge in [0.2, 0.25) is 0 Å². The predicted molar refractivity (Wildman–Crippen MR) is 77.9 cm³/mol. The highest BCUT2D eigenvalue weighted by Gasteiger charge is 2.29. The normalized spacial score (nSPS) is 25.0. The fraction of sp³-hybridized carbons (Fsp3) is 0.533. The van der Waals surface area contributed by atoms with Gasteiger partial charge in [-0.1, -0.05) is 17.7 Å². The lowest BCUT2D eigenvalue weighted by Crippen LogP contribution is -2.49. The van der Waals surface area contributed by atoms with E-state index in [2.05, 4.69) is 15.9 Å². The zero-order valence-electron chi connectivity index (χ0n) is 11.0. The molecule has 1 aromatic carbocycles. The summed E-state index contributed by atoms with van der Waals surface area (Å²) in [6.45, 7) is 4.13. The summed E-state index contributed by atoms with van der Waals surface area (Å²) in [7, 11) is 0. The molecule has 0 radical (unpaired) electrons. The van der Waals surface area contributed by atoms with Crippen LogP contribution in [0.2, 0.25) is 5.02 Å². The quantitative estimate of drug-likeness (QED) is 0.831. The lowest BCUT2D eigenvalue weighted by Gasteiger charge is -2.39. The highest BCUT2D eigenvalue weighted by Crippen LogP contribution is 2.25. The molecule has 0 N–H and O–H groups in total. The number of benzene rings is 1. The van der Waals surface area contributed by atoms with Gasteiger partial charge in [0.1, 0.15) is 5.78 Å². The third-order valence-corrected chi connectivity index (χ3v) is 4.46. The SMILES string of the molecule is O=C1CCC(N2CCN(c3cccc(Cl)c3)CC2)C1. The van der Waals surface area contributed by atoms with E-state index in [1.54, 1.807) is 0 Å². The lowest BCUT2D eigenvalue weighted by molar-refractivity contribution is -0.117. The van der Waals surface area contributed by atoms with E-state index >= 15 is 0 Å². The van der Waals surface area contributed by atoms with Crippen molar-refractivity contribution in [3.8, 4) is 0 Å². The summed E-state index contributed by atoms with van der Waals surface area (Å²) >= 11 is 6.04. The number of hydrogen-bond donors (Lipinski definition) is 0. The molecule has 19 heavy (non-hydrogen) atoms. The Balaban J connectivity index is 1.59. The lowest BCUT2D eigenvalue weighted by atomic mass is 10.1. The van der Waals surface area contributed by atoms with Gasteiger partial charge >= 0.3 is 0 Å². The summed E-state index contributed by atoms with van der Waals surface area (Å²) in [6, 6.07) is 8.54. The van der Waals surface area contributed by atoms with Crippen molar-refractivity contribution in [3.05, 3.63) is 29.3 Å². The molecule has 1 saturated carbocycles. The van der Waals surface area contributed by atoms with Crippen molar-refractivity contribution in [2.75, 3.05) is 31.1 Å². The standard InChI is InChI=1S/C15H19ClN2O/c16-12-2-1-3-13(10-12)17-6-8-18(9-7-17)14-4-5-15(19)11-14/h1-3,10,14H,4-9,11H2. The van der Waals surface area contributed by atoms with Gasteiger partial charge in [-0.15, -0.1) is 0 Å². The molecule has 3 nitrogen and oxygen atoms in total. The molecular formula is C15H19ClN2O. The molecule has 1 atom stereocenters. The summed E-state index contributed by atoms with van der Waals surface area (Å²) in [5.41, 5.74) is 1.20. The minimum Gasteiger partial charge on any atom is -0.369 e.